The number of hydrogen-bond donors (Lipinski definition) is 0. The maximum Gasteiger partial charge on any atom is 0.141 e. The third-order valence-corrected chi connectivity index (χ3v) is 3.23. The minimum atomic E-state index is -0.0972. The van der Waals surface area contributed by atoms with Crippen LogP contribution in [0.15, 0.2) is 41.8 Å². The van der Waals surface area contributed by atoms with Gasteiger partial charge >= 0.3 is 0 Å². The van der Waals surface area contributed by atoms with E-state index in [0.29, 0.717) is 0 Å². The molecule has 1 aliphatic rings. The summed E-state index contributed by atoms with van der Waals surface area (Å²) >= 11 is 1.21. The van der Waals surface area contributed by atoms with Gasteiger partial charge in [-0.05, 0) is 25.0 Å². The first-order valence-corrected chi connectivity index (χ1v) is 7.21. The molecule has 3 nitrogen and oxygen atoms in total. The Morgan fingerprint density at radius 3 is 2.84 bits per heavy atom. The lowest BCUT2D eigenvalue weighted by molar-refractivity contribution is 0.198. The van der Waals surface area contributed by atoms with E-state index in [2.05, 4.69) is 11.7 Å². The Morgan fingerprint density at radius 1 is 1.42 bits per heavy atom. The first-order chi connectivity index (χ1) is 9.19. The van der Waals surface area contributed by atoms with Crippen LogP contribution in [-0.2, 0) is 9.02 Å². The monoisotopic (exact) mass is 275 g/mol. The molecule has 1 unspecified atom stereocenters. The topological polar surface area (TPSA) is 30.8 Å². The van der Waals surface area contributed by atoms with E-state index in [-0.39, 0.29) is 6.10 Å². The number of nitrogens with zero attached hydrogens (tertiary/aromatic N) is 1. The summed E-state index contributed by atoms with van der Waals surface area (Å²) < 4.78 is 10.9. The molecule has 0 N–H and O–H groups in total. The Kier molecular flexibility index (Phi) is 4.32. The lowest BCUT2D eigenvalue weighted by atomic mass is 9.95. The van der Waals surface area contributed by atoms with Crippen molar-refractivity contribution in [3.05, 3.63) is 47.7 Å². The number of allylic oxidation sites excluding steroid dienone is 1. The number of benzene rings is 1. The van der Waals surface area contributed by atoms with E-state index >= 15 is 0 Å². The third kappa shape index (κ3) is 2.68. The van der Waals surface area contributed by atoms with Gasteiger partial charge in [-0.2, -0.15) is 0 Å². The van der Waals surface area contributed by atoms with Crippen LogP contribution in [0.1, 0.15) is 25.0 Å². The zero-order valence-electron chi connectivity index (χ0n) is 11.3. The molecular formula is C15H17NO2S. The summed E-state index contributed by atoms with van der Waals surface area (Å²) in [5.74, 6) is 0.866. The molecule has 0 spiro atoms. The molecular weight excluding hydrogens is 258 g/mol. The number of ether oxygens (including phenoxy) is 1. The molecule has 0 fully saturated rings. The highest BCUT2D eigenvalue weighted by Crippen LogP contribution is 2.33. The predicted octanol–water partition coefficient (Wildman–Crippen LogP) is 4.13. The average molecular weight is 275 g/mol. The lowest BCUT2D eigenvalue weighted by Crippen LogP contribution is -2.14. The first kappa shape index (κ1) is 13.7. The van der Waals surface area contributed by atoms with Gasteiger partial charge in [0.15, 0.2) is 0 Å². The average Bonchev–Trinajstić information content (AvgIpc) is 2.70. The molecule has 0 bridgehead atoms. The van der Waals surface area contributed by atoms with Crippen LogP contribution in [0, 0.1) is 0 Å². The molecule has 19 heavy (non-hydrogen) atoms. The van der Waals surface area contributed by atoms with Gasteiger partial charge in [-0.1, -0.05) is 42.1 Å². The smallest absolute Gasteiger partial charge is 0.141 e. The molecule has 1 heterocycles. The normalized spacial score (nSPS) is 20.6. The summed E-state index contributed by atoms with van der Waals surface area (Å²) in [7, 11) is 0. The van der Waals surface area contributed by atoms with Crippen molar-refractivity contribution < 1.29 is 9.02 Å². The van der Waals surface area contributed by atoms with Crippen LogP contribution in [0.3, 0.4) is 0 Å². The van der Waals surface area contributed by atoms with Crippen molar-refractivity contribution in [1.29, 1.82) is 0 Å². The van der Waals surface area contributed by atoms with Crippen molar-refractivity contribution in [2.75, 3.05) is 6.26 Å². The second-order valence-corrected chi connectivity index (χ2v) is 4.68. The van der Waals surface area contributed by atoms with Crippen LogP contribution in [0.4, 0.5) is 0 Å². The van der Waals surface area contributed by atoms with Crippen LogP contribution < -0.4 is 0 Å². The highest BCUT2D eigenvalue weighted by atomic mass is 32.2. The van der Waals surface area contributed by atoms with Crippen LogP contribution in [0.5, 0.6) is 0 Å². The van der Waals surface area contributed by atoms with Gasteiger partial charge in [0.2, 0.25) is 0 Å². The maximum atomic E-state index is 5.76. The van der Waals surface area contributed by atoms with Crippen LogP contribution in [0.25, 0.3) is 11.6 Å². The number of hydrogen-bond acceptors (Lipinski definition) is 4. The molecule has 0 amide bonds. The molecule has 1 aliphatic heterocycles. The highest BCUT2D eigenvalue weighted by molar-refractivity contribution is 7.93. The van der Waals surface area contributed by atoms with Gasteiger partial charge in [-0.3, -0.25) is 0 Å². The van der Waals surface area contributed by atoms with Crippen LogP contribution >= 0.6 is 12.0 Å². The predicted molar refractivity (Wildman–Crippen MR) is 81.7 cm³/mol. The van der Waals surface area contributed by atoms with Gasteiger partial charge in [-0.25, -0.2) is 0 Å². The summed E-state index contributed by atoms with van der Waals surface area (Å²) in [6.07, 6.45) is 3.57. The minimum absolute atomic E-state index is 0.0972. The molecule has 0 aliphatic carbocycles. The van der Waals surface area contributed by atoms with Crippen LogP contribution in [-0.4, -0.2) is 18.1 Å². The summed E-state index contributed by atoms with van der Waals surface area (Å²) in [5, 5.41) is 4.17. The highest BCUT2D eigenvalue weighted by Gasteiger charge is 2.30. The minimum Gasteiger partial charge on any atom is -0.488 e. The van der Waals surface area contributed by atoms with Crippen molar-refractivity contribution in [2.24, 2.45) is 5.16 Å². The van der Waals surface area contributed by atoms with Crippen LogP contribution in [0.2, 0.25) is 0 Å². The summed E-state index contributed by atoms with van der Waals surface area (Å²) in [4.78, 5) is 0. The second-order valence-electron chi connectivity index (χ2n) is 4.20. The molecule has 1 atom stereocenters. The van der Waals surface area contributed by atoms with E-state index in [0.717, 1.165) is 28.2 Å². The molecule has 100 valence electrons. The van der Waals surface area contributed by atoms with E-state index in [1.165, 1.54) is 12.0 Å². The molecule has 4 heteroatoms. The Labute approximate surface area is 118 Å². The molecule has 1 aromatic rings. The van der Waals surface area contributed by atoms with E-state index < -0.39 is 0 Å². The van der Waals surface area contributed by atoms with E-state index in [1.54, 1.807) is 0 Å². The zero-order chi connectivity index (χ0) is 13.8. The van der Waals surface area contributed by atoms with Gasteiger partial charge in [0, 0.05) is 11.8 Å². The fourth-order valence-electron chi connectivity index (χ4n) is 2.19. The number of oxime groups is 1. The summed E-state index contributed by atoms with van der Waals surface area (Å²) in [6.45, 7) is 7.78. The van der Waals surface area contributed by atoms with Crippen molar-refractivity contribution in [3.63, 3.8) is 0 Å². The van der Waals surface area contributed by atoms with Crippen molar-refractivity contribution in [3.8, 4) is 0 Å². The summed E-state index contributed by atoms with van der Waals surface area (Å²) in [6, 6.07) is 8.06. The first-order valence-electron chi connectivity index (χ1n) is 6.06. The Hall–Kier alpha value is -1.68. The van der Waals surface area contributed by atoms with E-state index in [9.17, 15) is 0 Å². The molecule has 0 aromatic heterocycles. The van der Waals surface area contributed by atoms with Crippen molar-refractivity contribution in [2.45, 2.75) is 20.0 Å². The van der Waals surface area contributed by atoms with Crippen molar-refractivity contribution in [1.82, 2.24) is 0 Å². The summed E-state index contributed by atoms with van der Waals surface area (Å²) in [5.41, 5.74) is 3.95. The molecule has 0 saturated heterocycles. The third-order valence-electron chi connectivity index (χ3n) is 3.01. The van der Waals surface area contributed by atoms with Crippen molar-refractivity contribution >= 4 is 29.4 Å². The van der Waals surface area contributed by atoms with Gasteiger partial charge in [0.25, 0.3) is 0 Å². The zero-order valence-corrected chi connectivity index (χ0v) is 12.2. The largest absolute Gasteiger partial charge is 0.488 e. The van der Waals surface area contributed by atoms with Gasteiger partial charge in [-0.15, -0.1) is 0 Å². The maximum absolute atomic E-state index is 5.76. The van der Waals surface area contributed by atoms with Gasteiger partial charge in [0.05, 0.1) is 12.0 Å². The standard InChI is InChI=1S/C15H17NO2S/c1-5-12-8-6-7-9-13(12)14-10(2)17-11(3)15(14)16-18-19-4/h5-9,11H,1H2,2-4H3/b16-15+. The van der Waals surface area contributed by atoms with E-state index in [1.807, 2.05) is 50.4 Å². The van der Waals surface area contributed by atoms with Gasteiger partial charge in [0.1, 0.15) is 17.6 Å². The molecule has 2 rings (SSSR count). The molecule has 0 radical (unpaired) electrons. The second kappa shape index (κ2) is 5.97. The fourth-order valence-corrected chi connectivity index (χ4v) is 2.35. The SMILES string of the molecule is C=Cc1ccccc1C1=C(C)OC(C)/C1=N\OSC. The Balaban J connectivity index is 2.51. The molecule has 1 aromatic carbocycles. The Bertz CT molecular complexity index is 549. The Morgan fingerprint density at radius 2 is 2.16 bits per heavy atom. The quantitative estimate of drug-likeness (QED) is 0.611. The molecule has 0 saturated carbocycles. The lowest BCUT2D eigenvalue weighted by Gasteiger charge is -2.09. The fraction of sp³-hybridized carbons (Fsp3) is 0.267. The van der Waals surface area contributed by atoms with Gasteiger partial charge < -0.3 is 9.02 Å². The van der Waals surface area contributed by atoms with E-state index in [4.69, 9.17) is 9.02 Å². The number of rotatable bonds is 4.